The molecular weight excluding hydrogens is 269 g/mol. The summed E-state index contributed by atoms with van der Waals surface area (Å²) in [6.07, 6.45) is -3.65. The number of hydrogen-bond donors (Lipinski definition) is 1. The second-order valence-corrected chi connectivity index (χ2v) is 4.08. The summed E-state index contributed by atoms with van der Waals surface area (Å²) < 4.78 is 37.0. The summed E-state index contributed by atoms with van der Waals surface area (Å²) >= 11 is 0. The molecule has 0 spiro atoms. The number of nitrogens with zero attached hydrogens (tertiary/aromatic N) is 1. The van der Waals surface area contributed by atoms with Crippen LogP contribution in [0.3, 0.4) is 0 Å². The molecular formula is C14H11F3N2O. The molecule has 0 saturated heterocycles. The first kappa shape index (κ1) is 14.0. The number of hydrogen-bond acceptors (Lipinski definition) is 2. The van der Waals surface area contributed by atoms with Gasteiger partial charge in [0.05, 0.1) is 17.8 Å². The molecule has 20 heavy (non-hydrogen) atoms. The lowest BCUT2D eigenvalue weighted by Gasteiger charge is -2.08. The molecule has 1 amide bonds. The molecule has 3 nitrogen and oxygen atoms in total. The topological polar surface area (TPSA) is 42.0 Å². The van der Waals surface area contributed by atoms with E-state index in [9.17, 15) is 18.0 Å². The highest BCUT2D eigenvalue weighted by Crippen LogP contribution is 2.28. The Morgan fingerprint density at radius 2 is 1.80 bits per heavy atom. The highest BCUT2D eigenvalue weighted by Gasteiger charge is 2.30. The second kappa shape index (κ2) is 5.73. The van der Waals surface area contributed by atoms with Crippen molar-refractivity contribution >= 4 is 5.91 Å². The normalized spacial score (nSPS) is 11.2. The molecule has 0 radical (unpaired) electrons. The predicted molar refractivity (Wildman–Crippen MR) is 66.9 cm³/mol. The van der Waals surface area contributed by atoms with Crippen molar-refractivity contribution in [1.82, 2.24) is 10.3 Å². The van der Waals surface area contributed by atoms with Gasteiger partial charge < -0.3 is 5.32 Å². The molecule has 0 saturated carbocycles. The molecule has 0 bridgehead atoms. The summed E-state index contributed by atoms with van der Waals surface area (Å²) in [7, 11) is 0. The minimum Gasteiger partial charge on any atom is -0.346 e. The number of benzene rings is 1. The molecule has 0 atom stereocenters. The SMILES string of the molecule is O=C(NCc1ccc(C(F)(F)F)cn1)c1ccccc1. The zero-order chi connectivity index (χ0) is 14.6. The van der Waals surface area contributed by atoms with Gasteiger partial charge in [-0.15, -0.1) is 0 Å². The fourth-order valence-electron chi connectivity index (χ4n) is 1.56. The first-order chi connectivity index (χ1) is 9.47. The standard InChI is InChI=1S/C14H11F3N2O/c15-14(16,17)11-6-7-12(18-8-11)9-19-13(20)10-4-2-1-3-5-10/h1-8H,9H2,(H,19,20). The van der Waals surface area contributed by atoms with E-state index in [1.54, 1.807) is 30.3 Å². The van der Waals surface area contributed by atoms with E-state index in [1.807, 2.05) is 0 Å². The van der Waals surface area contributed by atoms with Crippen LogP contribution in [0.1, 0.15) is 21.6 Å². The van der Waals surface area contributed by atoms with E-state index in [-0.39, 0.29) is 12.5 Å². The molecule has 104 valence electrons. The van der Waals surface area contributed by atoms with Crippen molar-refractivity contribution in [2.24, 2.45) is 0 Å². The van der Waals surface area contributed by atoms with Crippen molar-refractivity contribution in [3.8, 4) is 0 Å². The van der Waals surface area contributed by atoms with Gasteiger partial charge >= 0.3 is 6.18 Å². The molecule has 1 aromatic carbocycles. The number of nitrogens with one attached hydrogen (secondary N) is 1. The van der Waals surface area contributed by atoms with Crippen LogP contribution in [0, 0.1) is 0 Å². The smallest absolute Gasteiger partial charge is 0.346 e. The lowest BCUT2D eigenvalue weighted by atomic mass is 10.2. The van der Waals surface area contributed by atoms with Crippen molar-refractivity contribution in [2.75, 3.05) is 0 Å². The van der Waals surface area contributed by atoms with Gasteiger partial charge in [0, 0.05) is 11.8 Å². The third-order valence-electron chi connectivity index (χ3n) is 2.62. The zero-order valence-corrected chi connectivity index (χ0v) is 10.3. The van der Waals surface area contributed by atoms with Crippen LogP contribution in [-0.2, 0) is 12.7 Å². The maximum atomic E-state index is 12.3. The number of pyridine rings is 1. The van der Waals surface area contributed by atoms with E-state index >= 15 is 0 Å². The van der Waals surface area contributed by atoms with Crippen molar-refractivity contribution in [3.63, 3.8) is 0 Å². The molecule has 0 fully saturated rings. The van der Waals surface area contributed by atoms with Gasteiger partial charge in [0.2, 0.25) is 0 Å². The Labute approximate surface area is 113 Å². The zero-order valence-electron chi connectivity index (χ0n) is 10.3. The number of halogens is 3. The van der Waals surface area contributed by atoms with Crippen LogP contribution in [0.4, 0.5) is 13.2 Å². The van der Waals surface area contributed by atoms with Crippen LogP contribution >= 0.6 is 0 Å². The van der Waals surface area contributed by atoms with Crippen LogP contribution in [0.5, 0.6) is 0 Å². The summed E-state index contributed by atoms with van der Waals surface area (Å²) in [6.45, 7) is 0.0753. The van der Waals surface area contributed by atoms with E-state index in [0.29, 0.717) is 11.3 Å². The van der Waals surface area contributed by atoms with Gasteiger partial charge in [0.1, 0.15) is 0 Å². The maximum absolute atomic E-state index is 12.3. The van der Waals surface area contributed by atoms with Crippen molar-refractivity contribution < 1.29 is 18.0 Å². The van der Waals surface area contributed by atoms with Gasteiger partial charge in [-0.3, -0.25) is 9.78 Å². The van der Waals surface area contributed by atoms with E-state index in [0.717, 1.165) is 12.3 Å². The monoisotopic (exact) mass is 280 g/mol. The summed E-state index contributed by atoms with van der Waals surface area (Å²) in [6, 6.07) is 10.7. The highest BCUT2D eigenvalue weighted by molar-refractivity contribution is 5.94. The number of aromatic nitrogens is 1. The fourth-order valence-corrected chi connectivity index (χ4v) is 1.56. The molecule has 2 rings (SSSR count). The Kier molecular flexibility index (Phi) is 4.02. The molecule has 0 aliphatic carbocycles. The Bertz CT molecular complexity index is 580. The predicted octanol–water partition coefficient (Wildman–Crippen LogP) is 3.03. The highest BCUT2D eigenvalue weighted by atomic mass is 19.4. The lowest BCUT2D eigenvalue weighted by molar-refractivity contribution is -0.137. The van der Waals surface area contributed by atoms with Gasteiger partial charge in [-0.2, -0.15) is 13.2 Å². The summed E-state index contributed by atoms with van der Waals surface area (Å²) in [4.78, 5) is 15.4. The number of carbonyl (C=O) groups is 1. The van der Waals surface area contributed by atoms with Crippen molar-refractivity contribution in [2.45, 2.75) is 12.7 Å². The van der Waals surface area contributed by atoms with Crippen LogP contribution in [0.2, 0.25) is 0 Å². The average Bonchev–Trinajstić information content (AvgIpc) is 2.45. The Morgan fingerprint density at radius 1 is 1.10 bits per heavy atom. The molecule has 1 aromatic heterocycles. The van der Waals surface area contributed by atoms with Gasteiger partial charge in [-0.1, -0.05) is 18.2 Å². The molecule has 2 aromatic rings. The first-order valence-corrected chi connectivity index (χ1v) is 5.82. The van der Waals surface area contributed by atoms with E-state index in [2.05, 4.69) is 10.3 Å². The first-order valence-electron chi connectivity index (χ1n) is 5.82. The summed E-state index contributed by atoms with van der Waals surface area (Å²) in [5.41, 5.74) is 0.0392. The second-order valence-electron chi connectivity index (χ2n) is 4.08. The van der Waals surface area contributed by atoms with E-state index in [1.165, 1.54) is 6.07 Å². The van der Waals surface area contributed by atoms with Crippen LogP contribution in [0.25, 0.3) is 0 Å². The Hall–Kier alpha value is -2.37. The van der Waals surface area contributed by atoms with E-state index in [4.69, 9.17) is 0 Å². The van der Waals surface area contributed by atoms with Crippen molar-refractivity contribution in [1.29, 1.82) is 0 Å². The van der Waals surface area contributed by atoms with Crippen molar-refractivity contribution in [3.05, 3.63) is 65.5 Å². The fraction of sp³-hybridized carbons (Fsp3) is 0.143. The Balaban J connectivity index is 1.96. The minimum atomic E-state index is -4.40. The van der Waals surface area contributed by atoms with Crippen LogP contribution < -0.4 is 5.32 Å². The maximum Gasteiger partial charge on any atom is 0.417 e. The molecule has 1 N–H and O–H groups in total. The van der Waals surface area contributed by atoms with Gasteiger partial charge in [-0.25, -0.2) is 0 Å². The van der Waals surface area contributed by atoms with Crippen LogP contribution in [0.15, 0.2) is 48.7 Å². The number of alkyl halides is 3. The quantitative estimate of drug-likeness (QED) is 0.939. The average molecular weight is 280 g/mol. The largest absolute Gasteiger partial charge is 0.417 e. The summed E-state index contributed by atoms with van der Waals surface area (Å²) in [5, 5.41) is 2.59. The molecule has 0 aliphatic heterocycles. The molecule has 6 heteroatoms. The van der Waals surface area contributed by atoms with Gasteiger partial charge in [-0.05, 0) is 24.3 Å². The third kappa shape index (κ3) is 3.57. The molecule has 1 heterocycles. The molecule has 0 aliphatic rings. The molecule has 0 unspecified atom stereocenters. The third-order valence-corrected chi connectivity index (χ3v) is 2.62. The van der Waals surface area contributed by atoms with Crippen LogP contribution in [-0.4, -0.2) is 10.9 Å². The lowest BCUT2D eigenvalue weighted by Crippen LogP contribution is -2.23. The number of carbonyl (C=O) groups excluding carboxylic acids is 1. The van der Waals surface area contributed by atoms with E-state index < -0.39 is 11.7 Å². The number of rotatable bonds is 3. The van der Waals surface area contributed by atoms with Gasteiger partial charge in [0.15, 0.2) is 0 Å². The number of amides is 1. The Morgan fingerprint density at radius 3 is 2.35 bits per heavy atom. The van der Waals surface area contributed by atoms with Gasteiger partial charge in [0.25, 0.3) is 5.91 Å². The minimum absolute atomic E-state index is 0.0753. The summed E-state index contributed by atoms with van der Waals surface area (Å²) in [5.74, 6) is -0.299.